The van der Waals surface area contributed by atoms with Crippen molar-refractivity contribution in [2.24, 2.45) is 0 Å². The number of likely N-dealkylation sites (N-methyl/N-ethyl adjacent to an activating group) is 1. The fourth-order valence-electron chi connectivity index (χ4n) is 3.73. The molecule has 26 heavy (non-hydrogen) atoms. The Balaban J connectivity index is 1.95. The molecule has 0 spiro atoms. The van der Waals surface area contributed by atoms with Crippen molar-refractivity contribution >= 4 is 5.76 Å². The maximum absolute atomic E-state index is 6.45. The van der Waals surface area contributed by atoms with Gasteiger partial charge in [-0.15, -0.1) is 0 Å². The zero-order chi connectivity index (χ0) is 17.9. The Hall–Kier alpha value is -2.84. The van der Waals surface area contributed by atoms with Crippen molar-refractivity contribution in [1.82, 2.24) is 0 Å². The van der Waals surface area contributed by atoms with Gasteiger partial charge in [-0.25, -0.2) is 0 Å². The molecule has 0 aromatic heterocycles. The molecular formula is C24H24NO+. The summed E-state index contributed by atoms with van der Waals surface area (Å²) in [6, 6.07) is 29.6. The number of hydrogen-bond acceptors (Lipinski definition) is 1. The smallest absolute Gasteiger partial charge is 0.140 e. The molecule has 1 heterocycles. The van der Waals surface area contributed by atoms with Crippen LogP contribution in [0, 0.1) is 0 Å². The van der Waals surface area contributed by atoms with E-state index < -0.39 is 0 Å². The Bertz CT molecular complexity index is 913. The number of rotatable bonds is 4. The number of ether oxygens (including phenoxy) is 1. The van der Waals surface area contributed by atoms with E-state index in [-0.39, 0.29) is 5.92 Å². The summed E-state index contributed by atoms with van der Waals surface area (Å²) < 4.78 is 6.45. The average Bonchev–Trinajstić information content (AvgIpc) is 2.68. The molecule has 0 unspecified atom stereocenters. The van der Waals surface area contributed by atoms with Crippen molar-refractivity contribution in [2.75, 3.05) is 20.6 Å². The third-order valence-electron chi connectivity index (χ3n) is 4.80. The number of hydrogen-bond donors (Lipinski definition) is 1. The summed E-state index contributed by atoms with van der Waals surface area (Å²) in [4.78, 5) is 1.39. The molecule has 1 aliphatic heterocycles. The maximum Gasteiger partial charge on any atom is 0.140 e. The van der Waals surface area contributed by atoms with Gasteiger partial charge in [-0.2, -0.15) is 0 Å². The van der Waals surface area contributed by atoms with Crippen LogP contribution in [0.2, 0.25) is 0 Å². The van der Waals surface area contributed by atoms with E-state index in [9.17, 15) is 0 Å². The Labute approximate surface area is 155 Å². The zero-order valence-corrected chi connectivity index (χ0v) is 15.3. The van der Waals surface area contributed by atoms with Crippen LogP contribution in [0.4, 0.5) is 0 Å². The molecule has 1 N–H and O–H groups in total. The van der Waals surface area contributed by atoms with E-state index >= 15 is 0 Å². The van der Waals surface area contributed by atoms with Crippen molar-refractivity contribution in [3.05, 3.63) is 107 Å². The summed E-state index contributed by atoms with van der Waals surface area (Å²) in [7, 11) is 4.39. The zero-order valence-electron chi connectivity index (χ0n) is 15.3. The van der Waals surface area contributed by atoms with Gasteiger partial charge in [0.15, 0.2) is 0 Å². The quantitative estimate of drug-likeness (QED) is 0.762. The van der Waals surface area contributed by atoms with Crippen LogP contribution in [-0.2, 0) is 0 Å². The van der Waals surface area contributed by atoms with Crippen LogP contribution in [-0.4, -0.2) is 20.6 Å². The fourth-order valence-corrected chi connectivity index (χ4v) is 3.73. The number of fused-ring (bicyclic) bond motifs is 1. The number of nitrogens with one attached hydrogen (secondary N) is 1. The van der Waals surface area contributed by atoms with E-state index in [1.54, 1.807) is 0 Å². The summed E-state index contributed by atoms with van der Waals surface area (Å²) in [5.41, 5.74) is 5.03. The van der Waals surface area contributed by atoms with Crippen molar-refractivity contribution in [2.45, 2.75) is 5.92 Å². The van der Waals surface area contributed by atoms with E-state index in [1.807, 2.05) is 12.1 Å². The monoisotopic (exact) mass is 342 g/mol. The molecule has 0 amide bonds. The Morgan fingerprint density at radius 3 is 2.08 bits per heavy atom. The first-order chi connectivity index (χ1) is 12.7. The van der Waals surface area contributed by atoms with Gasteiger partial charge in [-0.3, -0.25) is 0 Å². The van der Waals surface area contributed by atoms with Crippen molar-refractivity contribution in [3.63, 3.8) is 0 Å². The molecule has 0 fully saturated rings. The summed E-state index contributed by atoms with van der Waals surface area (Å²) in [5.74, 6) is 2.17. The predicted molar refractivity (Wildman–Crippen MR) is 106 cm³/mol. The molecule has 0 bridgehead atoms. The third-order valence-corrected chi connectivity index (χ3v) is 4.80. The summed E-state index contributed by atoms with van der Waals surface area (Å²) >= 11 is 0. The normalized spacial score (nSPS) is 16.3. The molecule has 0 saturated carbocycles. The van der Waals surface area contributed by atoms with Crippen LogP contribution in [0.3, 0.4) is 0 Å². The van der Waals surface area contributed by atoms with Gasteiger partial charge in [0.05, 0.1) is 14.1 Å². The average molecular weight is 342 g/mol. The van der Waals surface area contributed by atoms with Crippen molar-refractivity contribution in [3.8, 4) is 5.75 Å². The van der Waals surface area contributed by atoms with Gasteiger partial charge in [0.1, 0.15) is 18.1 Å². The van der Waals surface area contributed by atoms with Gasteiger partial charge in [-0.1, -0.05) is 78.9 Å². The van der Waals surface area contributed by atoms with Gasteiger partial charge in [0.25, 0.3) is 0 Å². The summed E-state index contributed by atoms with van der Waals surface area (Å²) in [6.45, 7) is 0.929. The molecule has 1 aliphatic rings. The van der Waals surface area contributed by atoms with Crippen LogP contribution in [0.15, 0.2) is 90.5 Å². The second kappa shape index (κ2) is 7.19. The van der Waals surface area contributed by atoms with Crippen LogP contribution < -0.4 is 9.64 Å². The standard InChI is InChI=1S/C24H23NO/c1-25(2)17-21-23(18-11-5-3-6-12-18)20-15-9-10-16-22(20)26-24(21)19-13-7-4-8-14-19/h3-16,23H,17H2,1-2H3/p+1/t23-/m1/s1. The molecule has 1 atom stereocenters. The van der Waals surface area contributed by atoms with Gasteiger partial charge in [0.2, 0.25) is 0 Å². The van der Waals surface area contributed by atoms with Crippen LogP contribution >= 0.6 is 0 Å². The van der Waals surface area contributed by atoms with Gasteiger partial charge >= 0.3 is 0 Å². The minimum atomic E-state index is 0.214. The van der Waals surface area contributed by atoms with Crippen molar-refractivity contribution in [1.29, 1.82) is 0 Å². The highest BCUT2D eigenvalue weighted by Crippen LogP contribution is 2.44. The Kier molecular flexibility index (Phi) is 4.59. The fraction of sp³-hybridized carbons (Fsp3) is 0.167. The van der Waals surface area contributed by atoms with Gasteiger partial charge in [0, 0.05) is 22.6 Å². The minimum absolute atomic E-state index is 0.214. The topological polar surface area (TPSA) is 13.7 Å². The first-order valence-corrected chi connectivity index (χ1v) is 9.13. The lowest BCUT2D eigenvalue weighted by Gasteiger charge is -2.31. The molecular weight excluding hydrogens is 318 g/mol. The number of quaternary nitrogens is 1. The SMILES string of the molecule is C[NH+](C)CC1=C(c2ccccc2)Oc2ccccc2[C@H]1c1ccccc1. The molecule has 130 valence electrons. The Morgan fingerprint density at radius 2 is 1.38 bits per heavy atom. The van der Waals surface area contributed by atoms with E-state index in [2.05, 4.69) is 86.9 Å². The second-order valence-electron chi connectivity index (χ2n) is 7.09. The number of benzene rings is 3. The Morgan fingerprint density at radius 1 is 0.769 bits per heavy atom. The molecule has 2 heteroatoms. The van der Waals surface area contributed by atoms with Crippen molar-refractivity contribution < 1.29 is 9.64 Å². The van der Waals surface area contributed by atoms with Crippen LogP contribution in [0.25, 0.3) is 5.76 Å². The molecule has 2 nitrogen and oxygen atoms in total. The highest BCUT2D eigenvalue weighted by molar-refractivity contribution is 5.72. The molecule has 4 rings (SSSR count). The maximum atomic E-state index is 6.45. The highest BCUT2D eigenvalue weighted by Gasteiger charge is 2.32. The molecule has 0 aliphatic carbocycles. The summed E-state index contributed by atoms with van der Waals surface area (Å²) in [6.07, 6.45) is 0. The molecule has 3 aromatic rings. The lowest BCUT2D eigenvalue weighted by atomic mass is 9.81. The van der Waals surface area contributed by atoms with E-state index in [4.69, 9.17) is 4.74 Å². The largest absolute Gasteiger partial charge is 0.456 e. The second-order valence-corrected chi connectivity index (χ2v) is 7.09. The van der Waals surface area contributed by atoms with Gasteiger partial charge < -0.3 is 9.64 Å². The molecule has 0 radical (unpaired) electrons. The predicted octanol–water partition coefficient (Wildman–Crippen LogP) is 3.77. The highest BCUT2D eigenvalue weighted by atomic mass is 16.5. The van der Waals surface area contributed by atoms with Gasteiger partial charge in [-0.05, 0) is 11.6 Å². The first-order valence-electron chi connectivity index (χ1n) is 9.13. The minimum Gasteiger partial charge on any atom is -0.456 e. The van der Waals surface area contributed by atoms with E-state index in [0.717, 1.165) is 23.6 Å². The molecule has 0 saturated heterocycles. The lowest BCUT2D eigenvalue weighted by Crippen LogP contribution is -3.06. The third kappa shape index (κ3) is 3.16. The number of para-hydroxylation sites is 1. The lowest BCUT2D eigenvalue weighted by molar-refractivity contribution is -0.853. The summed E-state index contributed by atoms with van der Waals surface area (Å²) in [5, 5.41) is 0. The molecule has 3 aromatic carbocycles. The first kappa shape index (κ1) is 16.6. The van der Waals surface area contributed by atoms with E-state index in [0.29, 0.717) is 0 Å². The van der Waals surface area contributed by atoms with Crippen LogP contribution in [0.5, 0.6) is 5.75 Å². The van der Waals surface area contributed by atoms with Crippen LogP contribution in [0.1, 0.15) is 22.6 Å². The van der Waals surface area contributed by atoms with E-state index in [1.165, 1.54) is 21.6 Å².